The molecule has 3 rings (SSSR count). The highest BCUT2D eigenvalue weighted by atomic mass is 16.6. The van der Waals surface area contributed by atoms with Crippen molar-refractivity contribution < 1.29 is 33.6 Å². The van der Waals surface area contributed by atoms with Gasteiger partial charge >= 0.3 is 12.1 Å². The number of imidazole rings is 1. The minimum absolute atomic E-state index is 0.00878. The van der Waals surface area contributed by atoms with Crippen molar-refractivity contribution in [2.24, 2.45) is 14.1 Å². The zero-order chi connectivity index (χ0) is 31.0. The van der Waals surface area contributed by atoms with Crippen LogP contribution in [0, 0.1) is 10.1 Å². The highest BCUT2D eigenvalue weighted by Crippen LogP contribution is 2.18. The number of aromatic nitrogens is 3. The maximum atomic E-state index is 12.9. The molecule has 0 aliphatic heterocycles. The lowest BCUT2D eigenvalue weighted by molar-refractivity contribution is -0.384. The number of anilines is 1. The van der Waals surface area contributed by atoms with Crippen molar-refractivity contribution in [1.29, 1.82) is 0 Å². The van der Waals surface area contributed by atoms with Crippen LogP contribution >= 0.6 is 0 Å². The molecule has 0 bridgehead atoms. The third-order valence-electron chi connectivity index (χ3n) is 6.03. The molecule has 1 aromatic carbocycles. The number of esters is 1. The molecule has 0 spiro atoms. The molecule has 13 heteroatoms. The monoisotopic (exact) mass is 581 g/mol. The normalized spacial score (nSPS) is 11.2. The van der Waals surface area contributed by atoms with Gasteiger partial charge in [0.05, 0.1) is 28.4 Å². The van der Waals surface area contributed by atoms with Gasteiger partial charge in [0.1, 0.15) is 12.2 Å². The van der Waals surface area contributed by atoms with E-state index in [-0.39, 0.29) is 48.9 Å². The summed E-state index contributed by atoms with van der Waals surface area (Å²) in [6.45, 7) is 5.27. The minimum atomic E-state index is -0.657. The molecule has 42 heavy (non-hydrogen) atoms. The average Bonchev–Trinajstić information content (AvgIpc) is 3.45. The highest BCUT2D eigenvalue weighted by molar-refractivity contribution is 5.98. The fourth-order valence-corrected chi connectivity index (χ4v) is 4.08. The van der Waals surface area contributed by atoms with Gasteiger partial charge in [-0.3, -0.25) is 29.8 Å². The lowest BCUT2D eigenvalue weighted by Crippen LogP contribution is -2.27. The number of nitrogens with one attached hydrogen (secondary N) is 1. The first-order valence-corrected chi connectivity index (χ1v) is 13.4. The van der Waals surface area contributed by atoms with E-state index in [9.17, 15) is 29.3 Å². The van der Waals surface area contributed by atoms with Crippen LogP contribution in [0.5, 0.6) is 0 Å². The van der Waals surface area contributed by atoms with Crippen LogP contribution in [0.3, 0.4) is 0 Å². The Balaban J connectivity index is 1.44. The number of carbonyl (C=O) groups is 4. The Morgan fingerprint density at radius 1 is 0.976 bits per heavy atom. The van der Waals surface area contributed by atoms with Crippen LogP contribution < -0.4 is 5.32 Å². The van der Waals surface area contributed by atoms with E-state index in [1.54, 1.807) is 62.5 Å². The van der Waals surface area contributed by atoms with Crippen LogP contribution in [0.1, 0.15) is 78.8 Å². The quantitative estimate of drug-likeness (QED) is 0.0969. The molecule has 2 heterocycles. The second-order valence-electron chi connectivity index (χ2n) is 10.8. The number of rotatable bonds is 13. The summed E-state index contributed by atoms with van der Waals surface area (Å²) in [5, 5.41) is 13.3. The van der Waals surface area contributed by atoms with Gasteiger partial charge in [0.2, 0.25) is 0 Å². The smallest absolute Gasteiger partial charge is 0.412 e. The van der Waals surface area contributed by atoms with Crippen LogP contribution in [0.4, 0.5) is 16.2 Å². The first-order valence-electron chi connectivity index (χ1n) is 13.4. The first-order chi connectivity index (χ1) is 19.7. The molecule has 0 radical (unpaired) electrons. The largest absolute Gasteiger partial charge is 0.461 e. The molecule has 1 amide bonds. The van der Waals surface area contributed by atoms with Crippen LogP contribution in [0.15, 0.2) is 42.7 Å². The minimum Gasteiger partial charge on any atom is -0.461 e. The number of unbranched alkanes of at least 4 members (excludes halogenated alkanes) is 1. The van der Waals surface area contributed by atoms with Crippen molar-refractivity contribution in [2.75, 3.05) is 5.32 Å². The second kappa shape index (κ2) is 13.7. The molecule has 3 aromatic rings. The Kier molecular flexibility index (Phi) is 10.3. The first kappa shape index (κ1) is 31.7. The van der Waals surface area contributed by atoms with E-state index < -0.39 is 22.6 Å². The number of nitrogens with zero attached hydrogens (tertiary/aromatic N) is 4. The maximum Gasteiger partial charge on any atom is 0.412 e. The van der Waals surface area contributed by atoms with Gasteiger partial charge in [-0.1, -0.05) is 0 Å². The molecular weight excluding hydrogens is 546 g/mol. The standard InChI is InChI=1S/C29H35N5O8/c1-29(2,3)42-28(38)31-20-14-23(32(4)16-20)25(36)15-21-17-33(5)27(30-21)24(35)8-6-7-9-26(37)41-18-19-10-12-22(13-11-19)34(39)40/h10-14,16-17H,6-9,15,18H2,1-5H3,(H,31,38). The predicted molar refractivity (Wildman–Crippen MR) is 152 cm³/mol. The number of benzene rings is 1. The third kappa shape index (κ3) is 9.39. The molecule has 224 valence electrons. The van der Waals surface area contributed by atoms with E-state index in [1.807, 2.05) is 0 Å². The molecule has 0 saturated heterocycles. The fraction of sp³-hybridized carbons (Fsp3) is 0.414. The van der Waals surface area contributed by atoms with Gasteiger partial charge < -0.3 is 18.6 Å². The summed E-state index contributed by atoms with van der Waals surface area (Å²) in [5.74, 6) is -0.654. The number of carbonyl (C=O) groups excluding carboxylic acids is 4. The van der Waals surface area contributed by atoms with Crippen LogP contribution in [0.25, 0.3) is 0 Å². The Hall–Kier alpha value is -4.81. The average molecular weight is 582 g/mol. The number of Topliss-reactive ketones (excluding diaryl/α,β-unsaturated/α-hetero) is 2. The van der Waals surface area contributed by atoms with E-state index in [4.69, 9.17) is 9.47 Å². The van der Waals surface area contributed by atoms with Crippen molar-refractivity contribution in [3.8, 4) is 0 Å². The van der Waals surface area contributed by atoms with E-state index >= 15 is 0 Å². The van der Waals surface area contributed by atoms with Crippen molar-refractivity contribution in [3.63, 3.8) is 0 Å². The van der Waals surface area contributed by atoms with Crippen molar-refractivity contribution in [1.82, 2.24) is 14.1 Å². The Labute approximate surface area is 243 Å². The Morgan fingerprint density at radius 2 is 1.64 bits per heavy atom. The summed E-state index contributed by atoms with van der Waals surface area (Å²) >= 11 is 0. The van der Waals surface area contributed by atoms with E-state index in [0.29, 0.717) is 35.5 Å². The Bertz CT molecular complexity index is 1460. The summed E-state index contributed by atoms with van der Waals surface area (Å²) in [7, 11) is 3.36. The van der Waals surface area contributed by atoms with Gasteiger partial charge in [-0.05, 0) is 57.4 Å². The Morgan fingerprint density at radius 3 is 2.29 bits per heavy atom. The molecule has 0 atom stereocenters. The number of ketones is 2. The summed E-state index contributed by atoms with van der Waals surface area (Å²) in [6.07, 6.45) is 3.76. The number of nitro benzene ring substituents is 1. The maximum absolute atomic E-state index is 12.9. The van der Waals surface area contributed by atoms with Gasteiger partial charge in [0, 0.05) is 51.5 Å². The molecule has 0 unspecified atom stereocenters. The molecule has 0 saturated carbocycles. The molecule has 0 aliphatic carbocycles. The highest BCUT2D eigenvalue weighted by Gasteiger charge is 2.20. The lowest BCUT2D eigenvalue weighted by atomic mass is 10.1. The van der Waals surface area contributed by atoms with Gasteiger partial charge in [-0.2, -0.15) is 0 Å². The van der Waals surface area contributed by atoms with Crippen LogP contribution in [-0.4, -0.2) is 48.3 Å². The number of amides is 1. The molecule has 1 N–H and O–H groups in total. The number of hydrogen-bond donors (Lipinski definition) is 1. The summed E-state index contributed by atoms with van der Waals surface area (Å²) in [5.41, 5.74) is 1.15. The van der Waals surface area contributed by atoms with Crippen LogP contribution in [-0.2, 0) is 41.4 Å². The summed E-state index contributed by atoms with van der Waals surface area (Å²) < 4.78 is 13.6. The molecule has 2 aromatic heterocycles. The van der Waals surface area contributed by atoms with E-state index in [2.05, 4.69) is 10.3 Å². The zero-order valence-corrected chi connectivity index (χ0v) is 24.3. The molecule has 0 fully saturated rings. The van der Waals surface area contributed by atoms with Gasteiger partial charge in [0.25, 0.3) is 5.69 Å². The zero-order valence-electron chi connectivity index (χ0n) is 24.3. The van der Waals surface area contributed by atoms with Crippen LogP contribution in [0.2, 0.25) is 0 Å². The van der Waals surface area contributed by atoms with Crippen molar-refractivity contribution >= 4 is 35.0 Å². The van der Waals surface area contributed by atoms with Gasteiger partial charge in [-0.25, -0.2) is 9.78 Å². The molecule has 0 aliphatic rings. The SMILES string of the molecule is Cn1cc(NC(=O)OC(C)(C)C)cc1C(=O)Cc1cn(C)c(C(=O)CCCCC(=O)OCc2ccc([N+](=O)[O-])cc2)n1. The predicted octanol–water partition coefficient (Wildman–Crippen LogP) is 4.93. The number of ether oxygens (including phenoxy) is 2. The number of non-ortho nitro benzene ring substituents is 1. The van der Waals surface area contributed by atoms with Gasteiger partial charge in [0.15, 0.2) is 17.4 Å². The topological polar surface area (TPSA) is 165 Å². The summed E-state index contributed by atoms with van der Waals surface area (Å²) in [4.78, 5) is 64.3. The third-order valence-corrected chi connectivity index (χ3v) is 6.03. The fourth-order valence-electron chi connectivity index (χ4n) is 4.08. The van der Waals surface area contributed by atoms with Gasteiger partial charge in [-0.15, -0.1) is 0 Å². The number of aryl methyl sites for hydroxylation is 2. The van der Waals surface area contributed by atoms with E-state index in [1.165, 1.54) is 24.3 Å². The summed E-state index contributed by atoms with van der Waals surface area (Å²) in [6, 6.07) is 7.30. The van der Waals surface area contributed by atoms with Crippen molar-refractivity contribution in [3.05, 3.63) is 75.6 Å². The number of hydrogen-bond acceptors (Lipinski definition) is 9. The number of nitro groups is 1. The van der Waals surface area contributed by atoms with Crippen molar-refractivity contribution in [2.45, 2.75) is 65.1 Å². The lowest BCUT2D eigenvalue weighted by Gasteiger charge is -2.19. The molecular formula is C29H35N5O8. The second-order valence-corrected chi connectivity index (χ2v) is 10.8. The molecule has 13 nitrogen and oxygen atoms in total. The van der Waals surface area contributed by atoms with E-state index in [0.717, 1.165) is 0 Å².